The smallest absolute Gasteiger partial charge is 0.0358 e. The van der Waals surface area contributed by atoms with E-state index in [1.165, 1.54) is 57.1 Å². The summed E-state index contributed by atoms with van der Waals surface area (Å²) in [5.41, 5.74) is 1.44. The highest BCUT2D eigenvalue weighted by molar-refractivity contribution is 5.16. The Morgan fingerprint density at radius 2 is 1.67 bits per heavy atom. The highest BCUT2D eigenvalue weighted by atomic mass is 15.0. The van der Waals surface area contributed by atoms with Gasteiger partial charge in [-0.2, -0.15) is 0 Å². The molecule has 0 aliphatic carbocycles. The van der Waals surface area contributed by atoms with Crippen LogP contribution in [0.4, 0.5) is 0 Å². The first-order valence-electron chi connectivity index (χ1n) is 9.08. The molecule has 0 amide bonds. The maximum Gasteiger partial charge on any atom is 0.0358 e. The minimum atomic E-state index is 0.491. The van der Waals surface area contributed by atoms with Gasteiger partial charge in [-0.3, -0.25) is 0 Å². The monoisotopic (exact) mass is 292 g/mol. The maximum absolute atomic E-state index is 3.59. The summed E-state index contributed by atoms with van der Waals surface area (Å²) in [5.74, 6) is 0.638. The molecule has 1 heterocycles. The van der Waals surface area contributed by atoms with Gasteiger partial charge in [0.1, 0.15) is 0 Å². The second kappa shape index (κ2) is 10.9. The molecule has 0 aliphatic rings. The second-order valence-corrected chi connectivity index (χ2v) is 6.58. The van der Waals surface area contributed by atoms with Crippen molar-refractivity contribution in [1.82, 2.24) is 9.88 Å². The highest BCUT2D eigenvalue weighted by Crippen LogP contribution is 2.22. The van der Waals surface area contributed by atoms with E-state index in [-0.39, 0.29) is 0 Å². The number of aromatic nitrogens is 1. The van der Waals surface area contributed by atoms with Crippen LogP contribution >= 0.6 is 0 Å². The Balaban J connectivity index is 2.28. The van der Waals surface area contributed by atoms with Crippen LogP contribution in [-0.2, 0) is 6.54 Å². The largest absolute Gasteiger partial charge is 0.354 e. The van der Waals surface area contributed by atoms with Crippen LogP contribution < -0.4 is 5.32 Å². The molecule has 1 unspecified atom stereocenters. The Morgan fingerprint density at radius 1 is 1.00 bits per heavy atom. The fraction of sp³-hybridized carbons (Fsp3) is 0.789. The van der Waals surface area contributed by atoms with Crippen molar-refractivity contribution in [2.24, 2.45) is 5.92 Å². The van der Waals surface area contributed by atoms with Crippen LogP contribution in [0.2, 0.25) is 0 Å². The Morgan fingerprint density at radius 3 is 2.29 bits per heavy atom. The molecule has 2 nitrogen and oxygen atoms in total. The fourth-order valence-corrected chi connectivity index (χ4v) is 2.99. The molecular weight excluding hydrogens is 256 g/mol. The molecule has 0 aliphatic heterocycles. The maximum atomic E-state index is 3.59. The summed E-state index contributed by atoms with van der Waals surface area (Å²) in [6, 6.07) is 2.78. The summed E-state index contributed by atoms with van der Waals surface area (Å²) in [4.78, 5) is 0. The van der Waals surface area contributed by atoms with Crippen molar-refractivity contribution in [3.05, 3.63) is 24.0 Å². The molecule has 2 heteroatoms. The van der Waals surface area contributed by atoms with Gasteiger partial charge in [0.05, 0.1) is 0 Å². The van der Waals surface area contributed by atoms with Crippen LogP contribution in [0, 0.1) is 5.92 Å². The van der Waals surface area contributed by atoms with Crippen molar-refractivity contribution in [2.45, 2.75) is 85.2 Å². The number of hydrogen-bond donors (Lipinski definition) is 1. The van der Waals surface area contributed by atoms with Gasteiger partial charge in [0.15, 0.2) is 0 Å². The lowest BCUT2D eigenvalue weighted by molar-refractivity contribution is 0.421. The van der Waals surface area contributed by atoms with E-state index in [0.29, 0.717) is 12.0 Å². The van der Waals surface area contributed by atoms with Gasteiger partial charge in [-0.25, -0.2) is 0 Å². The fourth-order valence-electron chi connectivity index (χ4n) is 2.99. The van der Waals surface area contributed by atoms with E-state index >= 15 is 0 Å². The summed E-state index contributed by atoms with van der Waals surface area (Å²) in [7, 11) is 0. The van der Waals surface area contributed by atoms with E-state index in [0.717, 1.165) is 6.54 Å². The first-order valence-corrected chi connectivity index (χ1v) is 9.08. The number of rotatable bonds is 12. The van der Waals surface area contributed by atoms with Crippen molar-refractivity contribution in [3.8, 4) is 0 Å². The molecule has 1 N–H and O–H groups in total. The second-order valence-electron chi connectivity index (χ2n) is 6.58. The molecule has 0 aromatic carbocycles. The van der Waals surface area contributed by atoms with Gasteiger partial charge < -0.3 is 9.88 Å². The SMILES string of the molecule is CCCCCCCCCn1ccc(C(NCC)C(C)C)c1. The van der Waals surface area contributed by atoms with Gasteiger partial charge >= 0.3 is 0 Å². The predicted octanol–water partition coefficient (Wildman–Crippen LogP) is 5.55. The molecule has 0 fully saturated rings. The van der Waals surface area contributed by atoms with E-state index in [1.807, 2.05) is 0 Å². The van der Waals surface area contributed by atoms with Crippen LogP contribution in [0.15, 0.2) is 18.5 Å². The van der Waals surface area contributed by atoms with Crippen LogP contribution in [0.25, 0.3) is 0 Å². The van der Waals surface area contributed by atoms with E-state index in [9.17, 15) is 0 Å². The van der Waals surface area contributed by atoms with Crippen molar-refractivity contribution >= 4 is 0 Å². The van der Waals surface area contributed by atoms with Gasteiger partial charge in [0, 0.05) is 25.0 Å². The van der Waals surface area contributed by atoms with Crippen molar-refractivity contribution in [3.63, 3.8) is 0 Å². The summed E-state index contributed by atoms with van der Waals surface area (Å²) in [6.45, 7) is 11.3. The van der Waals surface area contributed by atoms with E-state index in [4.69, 9.17) is 0 Å². The Hall–Kier alpha value is -0.760. The zero-order valence-electron chi connectivity index (χ0n) is 14.7. The van der Waals surface area contributed by atoms with Crippen LogP contribution in [0.5, 0.6) is 0 Å². The van der Waals surface area contributed by atoms with Crippen molar-refractivity contribution < 1.29 is 0 Å². The van der Waals surface area contributed by atoms with Crippen molar-refractivity contribution in [2.75, 3.05) is 6.54 Å². The van der Waals surface area contributed by atoms with Crippen molar-refractivity contribution in [1.29, 1.82) is 0 Å². The highest BCUT2D eigenvalue weighted by Gasteiger charge is 2.15. The van der Waals surface area contributed by atoms with E-state index < -0.39 is 0 Å². The molecule has 0 spiro atoms. The third-order valence-electron chi connectivity index (χ3n) is 4.24. The Bertz CT molecular complexity index is 354. The third kappa shape index (κ3) is 7.17. The summed E-state index contributed by atoms with van der Waals surface area (Å²) in [5, 5.41) is 3.59. The molecule has 1 aromatic rings. The molecule has 122 valence electrons. The zero-order chi connectivity index (χ0) is 15.5. The molecule has 0 saturated carbocycles. The van der Waals surface area contributed by atoms with Gasteiger partial charge in [0.2, 0.25) is 0 Å². The lowest BCUT2D eigenvalue weighted by Crippen LogP contribution is -2.25. The zero-order valence-corrected chi connectivity index (χ0v) is 14.7. The number of hydrogen-bond acceptors (Lipinski definition) is 1. The Labute approximate surface area is 132 Å². The molecule has 1 rings (SSSR count). The number of nitrogens with one attached hydrogen (secondary N) is 1. The lowest BCUT2D eigenvalue weighted by Gasteiger charge is -2.20. The third-order valence-corrected chi connectivity index (χ3v) is 4.24. The summed E-state index contributed by atoms with van der Waals surface area (Å²) < 4.78 is 2.37. The van der Waals surface area contributed by atoms with Crippen LogP contribution in [0.1, 0.15) is 84.2 Å². The molecule has 0 bridgehead atoms. The summed E-state index contributed by atoms with van der Waals surface area (Å²) in [6.07, 6.45) is 14.3. The van der Waals surface area contributed by atoms with Crippen LogP contribution in [-0.4, -0.2) is 11.1 Å². The Kier molecular flexibility index (Phi) is 9.49. The quantitative estimate of drug-likeness (QED) is 0.500. The molecule has 0 saturated heterocycles. The van der Waals surface area contributed by atoms with Crippen LogP contribution in [0.3, 0.4) is 0 Å². The molecular formula is C19H36N2. The molecule has 1 aromatic heterocycles. The predicted molar refractivity (Wildman–Crippen MR) is 93.7 cm³/mol. The van der Waals surface area contributed by atoms with Gasteiger partial charge in [-0.05, 0) is 30.5 Å². The normalized spacial score (nSPS) is 13.0. The van der Waals surface area contributed by atoms with Gasteiger partial charge in [-0.15, -0.1) is 0 Å². The number of unbranched alkanes of at least 4 members (excludes halogenated alkanes) is 6. The standard InChI is InChI=1S/C19H36N2/c1-5-7-8-9-10-11-12-14-21-15-13-18(16-21)19(17(3)4)20-6-2/h13,15-17,19-20H,5-12,14H2,1-4H3. The van der Waals surface area contributed by atoms with E-state index in [2.05, 4.69) is 56.0 Å². The average molecular weight is 293 g/mol. The number of nitrogens with zero attached hydrogens (tertiary/aromatic N) is 1. The minimum Gasteiger partial charge on any atom is -0.354 e. The van der Waals surface area contributed by atoms with Gasteiger partial charge in [-0.1, -0.05) is 66.2 Å². The van der Waals surface area contributed by atoms with E-state index in [1.54, 1.807) is 0 Å². The summed E-state index contributed by atoms with van der Waals surface area (Å²) >= 11 is 0. The average Bonchev–Trinajstić information content (AvgIpc) is 2.92. The lowest BCUT2D eigenvalue weighted by atomic mass is 9.98. The minimum absolute atomic E-state index is 0.491. The topological polar surface area (TPSA) is 17.0 Å². The number of aryl methyl sites for hydroxylation is 1. The first kappa shape index (κ1) is 18.3. The molecule has 0 radical (unpaired) electrons. The molecule has 1 atom stereocenters. The first-order chi connectivity index (χ1) is 10.2. The molecule has 21 heavy (non-hydrogen) atoms. The van der Waals surface area contributed by atoms with Gasteiger partial charge in [0.25, 0.3) is 0 Å².